The summed E-state index contributed by atoms with van der Waals surface area (Å²) < 4.78 is 0. The molecule has 15 heavy (non-hydrogen) atoms. The van der Waals surface area contributed by atoms with Crippen molar-refractivity contribution in [2.24, 2.45) is 5.41 Å². The van der Waals surface area contributed by atoms with Crippen LogP contribution >= 0.6 is 0 Å². The van der Waals surface area contributed by atoms with Crippen molar-refractivity contribution in [2.45, 2.75) is 59.0 Å². The van der Waals surface area contributed by atoms with E-state index in [1.54, 1.807) is 0 Å². The summed E-state index contributed by atoms with van der Waals surface area (Å²) in [6.07, 6.45) is 4.68. The molecular formula is C13H27NO. The second-order valence-electron chi connectivity index (χ2n) is 6.14. The molecule has 2 heteroatoms. The van der Waals surface area contributed by atoms with Gasteiger partial charge in [-0.2, -0.15) is 0 Å². The maximum atomic E-state index is 10.1. The highest BCUT2D eigenvalue weighted by Gasteiger charge is 2.27. The van der Waals surface area contributed by atoms with E-state index < -0.39 is 5.60 Å². The molecule has 1 N–H and O–H groups in total. The maximum absolute atomic E-state index is 10.1. The SMILES string of the molecule is CCC(C)(O)CN1CCCC(C)(C)CC1. The van der Waals surface area contributed by atoms with Crippen molar-refractivity contribution in [3.63, 3.8) is 0 Å². The molecule has 0 radical (unpaired) electrons. The highest BCUT2D eigenvalue weighted by Crippen LogP contribution is 2.30. The second kappa shape index (κ2) is 4.84. The molecule has 1 fully saturated rings. The summed E-state index contributed by atoms with van der Waals surface area (Å²) in [6, 6.07) is 0. The van der Waals surface area contributed by atoms with Crippen molar-refractivity contribution in [1.82, 2.24) is 4.90 Å². The van der Waals surface area contributed by atoms with Crippen LogP contribution in [0.25, 0.3) is 0 Å². The van der Waals surface area contributed by atoms with Gasteiger partial charge in [-0.3, -0.25) is 0 Å². The van der Waals surface area contributed by atoms with E-state index in [0.29, 0.717) is 5.41 Å². The highest BCUT2D eigenvalue weighted by molar-refractivity contribution is 4.81. The fourth-order valence-electron chi connectivity index (χ4n) is 2.23. The Hall–Kier alpha value is -0.0800. The van der Waals surface area contributed by atoms with Crippen molar-refractivity contribution in [3.05, 3.63) is 0 Å². The van der Waals surface area contributed by atoms with Crippen LogP contribution in [-0.2, 0) is 0 Å². The molecule has 0 aromatic carbocycles. The van der Waals surface area contributed by atoms with Gasteiger partial charge in [0.25, 0.3) is 0 Å². The molecule has 90 valence electrons. The van der Waals surface area contributed by atoms with Crippen LogP contribution in [0.15, 0.2) is 0 Å². The third kappa shape index (κ3) is 4.52. The minimum atomic E-state index is -0.505. The van der Waals surface area contributed by atoms with E-state index in [1.165, 1.54) is 19.3 Å². The Bertz CT molecular complexity index is 199. The first-order valence-electron chi connectivity index (χ1n) is 6.29. The molecule has 1 heterocycles. The van der Waals surface area contributed by atoms with Gasteiger partial charge in [0, 0.05) is 6.54 Å². The van der Waals surface area contributed by atoms with Crippen LogP contribution in [0.4, 0.5) is 0 Å². The Morgan fingerprint density at radius 1 is 1.27 bits per heavy atom. The van der Waals surface area contributed by atoms with Crippen molar-refractivity contribution in [2.75, 3.05) is 19.6 Å². The van der Waals surface area contributed by atoms with E-state index >= 15 is 0 Å². The van der Waals surface area contributed by atoms with Gasteiger partial charge >= 0.3 is 0 Å². The van der Waals surface area contributed by atoms with Crippen molar-refractivity contribution >= 4 is 0 Å². The van der Waals surface area contributed by atoms with Gasteiger partial charge in [0.1, 0.15) is 0 Å². The van der Waals surface area contributed by atoms with Gasteiger partial charge < -0.3 is 10.0 Å². The van der Waals surface area contributed by atoms with Gasteiger partial charge in [-0.15, -0.1) is 0 Å². The normalized spacial score (nSPS) is 27.0. The molecule has 1 unspecified atom stereocenters. The van der Waals surface area contributed by atoms with E-state index in [-0.39, 0.29) is 0 Å². The van der Waals surface area contributed by atoms with Gasteiger partial charge in [-0.25, -0.2) is 0 Å². The summed E-state index contributed by atoms with van der Waals surface area (Å²) in [5.41, 5.74) is -0.0126. The number of hydrogen-bond donors (Lipinski definition) is 1. The molecule has 0 amide bonds. The molecule has 1 rings (SSSR count). The lowest BCUT2D eigenvalue weighted by atomic mass is 9.85. The fourth-order valence-corrected chi connectivity index (χ4v) is 2.23. The van der Waals surface area contributed by atoms with Crippen molar-refractivity contribution in [3.8, 4) is 0 Å². The summed E-state index contributed by atoms with van der Waals surface area (Å²) >= 11 is 0. The number of rotatable bonds is 3. The summed E-state index contributed by atoms with van der Waals surface area (Å²) in [7, 11) is 0. The summed E-state index contributed by atoms with van der Waals surface area (Å²) in [6.45, 7) is 11.8. The third-order valence-electron chi connectivity index (χ3n) is 3.76. The van der Waals surface area contributed by atoms with E-state index in [2.05, 4.69) is 25.7 Å². The molecule has 0 spiro atoms. The first kappa shape index (κ1) is 13.0. The van der Waals surface area contributed by atoms with Gasteiger partial charge in [-0.1, -0.05) is 20.8 Å². The van der Waals surface area contributed by atoms with Crippen LogP contribution in [-0.4, -0.2) is 35.2 Å². The molecule has 0 aromatic rings. The van der Waals surface area contributed by atoms with Crippen molar-refractivity contribution in [1.29, 1.82) is 0 Å². The number of β-amino-alcohol motifs (C(OH)–C–C–N with tert-alkyl or cyclic N) is 1. The Morgan fingerprint density at radius 3 is 2.53 bits per heavy atom. The molecule has 0 saturated carbocycles. The highest BCUT2D eigenvalue weighted by atomic mass is 16.3. The molecular weight excluding hydrogens is 186 g/mol. The van der Waals surface area contributed by atoms with Gasteiger partial charge in [-0.05, 0) is 51.1 Å². The van der Waals surface area contributed by atoms with E-state index in [4.69, 9.17) is 0 Å². The Morgan fingerprint density at radius 2 is 1.93 bits per heavy atom. The van der Waals surface area contributed by atoms with Crippen LogP contribution < -0.4 is 0 Å². The van der Waals surface area contributed by atoms with Crippen LogP contribution in [0.2, 0.25) is 0 Å². The molecule has 1 aliphatic heterocycles. The van der Waals surface area contributed by atoms with Gasteiger partial charge in [0.15, 0.2) is 0 Å². The number of hydrogen-bond acceptors (Lipinski definition) is 2. The standard InChI is InChI=1S/C13H27NO/c1-5-13(4,15)11-14-9-6-7-12(2,3)8-10-14/h15H,5-11H2,1-4H3. The number of aliphatic hydroxyl groups is 1. The van der Waals surface area contributed by atoms with E-state index in [9.17, 15) is 5.11 Å². The predicted molar refractivity (Wildman–Crippen MR) is 65.0 cm³/mol. The lowest BCUT2D eigenvalue weighted by Gasteiger charge is -2.30. The maximum Gasteiger partial charge on any atom is 0.0743 e. The summed E-state index contributed by atoms with van der Waals surface area (Å²) in [5, 5.41) is 10.1. The number of nitrogens with zero attached hydrogens (tertiary/aromatic N) is 1. The van der Waals surface area contributed by atoms with Crippen LogP contribution in [0, 0.1) is 5.41 Å². The Labute approximate surface area is 94.7 Å². The van der Waals surface area contributed by atoms with Crippen molar-refractivity contribution < 1.29 is 5.11 Å². The molecule has 0 aromatic heterocycles. The van der Waals surface area contributed by atoms with E-state index in [0.717, 1.165) is 26.1 Å². The summed E-state index contributed by atoms with van der Waals surface area (Å²) in [5.74, 6) is 0. The van der Waals surface area contributed by atoms with Crippen LogP contribution in [0.1, 0.15) is 53.4 Å². The lowest BCUT2D eigenvalue weighted by molar-refractivity contribution is 0.0166. The average Bonchev–Trinajstić information content (AvgIpc) is 2.28. The largest absolute Gasteiger partial charge is 0.389 e. The zero-order valence-corrected chi connectivity index (χ0v) is 10.8. The number of likely N-dealkylation sites (tertiary alicyclic amines) is 1. The van der Waals surface area contributed by atoms with Gasteiger partial charge in [0.05, 0.1) is 5.60 Å². The fraction of sp³-hybridized carbons (Fsp3) is 1.00. The molecule has 2 nitrogen and oxygen atoms in total. The minimum absolute atomic E-state index is 0.493. The second-order valence-corrected chi connectivity index (χ2v) is 6.14. The Balaban J connectivity index is 2.45. The molecule has 0 bridgehead atoms. The zero-order chi connectivity index (χ0) is 11.5. The monoisotopic (exact) mass is 213 g/mol. The molecule has 1 atom stereocenters. The molecule has 0 aliphatic carbocycles. The third-order valence-corrected chi connectivity index (χ3v) is 3.76. The van der Waals surface area contributed by atoms with E-state index in [1.807, 2.05) is 6.92 Å². The predicted octanol–water partition coefficient (Wildman–Crippen LogP) is 2.66. The van der Waals surface area contributed by atoms with Crippen LogP contribution in [0.3, 0.4) is 0 Å². The summed E-state index contributed by atoms with van der Waals surface area (Å²) in [4.78, 5) is 2.43. The lowest BCUT2D eigenvalue weighted by Crippen LogP contribution is -2.41. The average molecular weight is 213 g/mol. The minimum Gasteiger partial charge on any atom is -0.389 e. The molecule has 1 saturated heterocycles. The quantitative estimate of drug-likeness (QED) is 0.779. The first-order valence-corrected chi connectivity index (χ1v) is 6.29. The smallest absolute Gasteiger partial charge is 0.0743 e. The van der Waals surface area contributed by atoms with Crippen LogP contribution in [0.5, 0.6) is 0 Å². The first-order chi connectivity index (χ1) is 6.85. The Kier molecular flexibility index (Phi) is 4.19. The zero-order valence-electron chi connectivity index (χ0n) is 10.8. The molecule has 1 aliphatic rings. The topological polar surface area (TPSA) is 23.5 Å². The van der Waals surface area contributed by atoms with Gasteiger partial charge in [0.2, 0.25) is 0 Å².